The molecule has 0 aliphatic carbocycles. The zero-order valence-electron chi connectivity index (χ0n) is 11.6. The standard InChI is InChI=1S/C12H23N5O/c1-15-5-6-16(2)9(8-15)11(13)12-10(18-4)7-14-17(12)3/h7,9,11H,5-6,8,13H2,1-4H3. The molecule has 0 bridgehead atoms. The number of rotatable bonds is 3. The lowest BCUT2D eigenvalue weighted by atomic mass is 10.0. The molecule has 1 aliphatic heterocycles. The fourth-order valence-corrected chi connectivity index (χ4v) is 2.58. The summed E-state index contributed by atoms with van der Waals surface area (Å²) in [6.07, 6.45) is 1.72. The number of piperazine rings is 1. The van der Waals surface area contributed by atoms with Crippen LogP contribution in [-0.2, 0) is 7.05 Å². The van der Waals surface area contributed by atoms with Crippen molar-refractivity contribution in [1.82, 2.24) is 19.6 Å². The molecular formula is C12H23N5O. The van der Waals surface area contributed by atoms with Crippen molar-refractivity contribution >= 4 is 0 Å². The molecule has 102 valence electrons. The van der Waals surface area contributed by atoms with Gasteiger partial charge in [0.05, 0.1) is 25.0 Å². The third kappa shape index (κ3) is 2.36. The van der Waals surface area contributed by atoms with Gasteiger partial charge in [-0.25, -0.2) is 0 Å². The molecule has 1 fully saturated rings. The van der Waals surface area contributed by atoms with Gasteiger partial charge in [0.2, 0.25) is 0 Å². The number of ether oxygens (including phenoxy) is 1. The van der Waals surface area contributed by atoms with Gasteiger partial charge < -0.3 is 15.4 Å². The first-order valence-electron chi connectivity index (χ1n) is 6.24. The Balaban J connectivity index is 2.23. The van der Waals surface area contributed by atoms with Crippen molar-refractivity contribution < 1.29 is 4.74 Å². The summed E-state index contributed by atoms with van der Waals surface area (Å²) in [5.74, 6) is 0.770. The number of hydrogen-bond donors (Lipinski definition) is 1. The van der Waals surface area contributed by atoms with Crippen molar-refractivity contribution in [1.29, 1.82) is 0 Å². The van der Waals surface area contributed by atoms with E-state index in [2.05, 4.69) is 29.0 Å². The second kappa shape index (κ2) is 5.26. The van der Waals surface area contributed by atoms with Crippen molar-refractivity contribution in [2.75, 3.05) is 40.8 Å². The minimum absolute atomic E-state index is 0.0970. The Morgan fingerprint density at radius 1 is 1.39 bits per heavy atom. The first-order chi connectivity index (χ1) is 8.54. The van der Waals surface area contributed by atoms with Crippen LogP contribution in [0, 0.1) is 0 Å². The zero-order chi connectivity index (χ0) is 13.3. The third-order valence-corrected chi connectivity index (χ3v) is 3.80. The maximum atomic E-state index is 6.43. The predicted octanol–water partition coefficient (Wildman–Crippen LogP) is -0.326. The lowest BCUT2D eigenvalue weighted by Crippen LogP contribution is -2.54. The second-order valence-corrected chi connectivity index (χ2v) is 5.06. The molecule has 0 amide bonds. The van der Waals surface area contributed by atoms with Gasteiger partial charge in [-0.2, -0.15) is 5.10 Å². The molecule has 1 aromatic rings. The van der Waals surface area contributed by atoms with E-state index in [0.717, 1.165) is 31.1 Å². The van der Waals surface area contributed by atoms with Crippen LogP contribution in [0.2, 0.25) is 0 Å². The largest absolute Gasteiger partial charge is 0.493 e. The van der Waals surface area contributed by atoms with Gasteiger partial charge in [-0.3, -0.25) is 9.58 Å². The molecule has 0 saturated carbocycles. The quantitative estimate of drug-likeness (QED) is 0.799. The number of nitrogens with two attached hydrogens (primary N) is 1. The van der Waals surface area contributed by atoms with Crippen molar-refractivity contribution in [3.63, 3.8) is 0 Å². The molecule has 1 aliphatic rings. The summed E-state index contributed by atoms with van der Waals surface area (Å²) in [6, 6.07) is 0.188. The minimum atomic E-state index is -0.0970. The topological polar surface area (TPSA) is 59.6 Å². The summed E-state index contributed by atoms with van der Waals surface area (Å²) in [5, 5.41) is 4.23. The molecule has 0 aromatic carbocycles. The molecular weight excluding hydrogens is 230 g/mol. The Hall–Kier alpha value is -1.11. The number of nitrogens with zero attached hydrogens (tertiary/aromatic N) is 4. The van der Waals surface area contributed by atoms with Crippen molar-refractivity contribution in [2.45, 2.75) is 12.1 Å². The van der Waals surface area contributed by atoms with Crippen LogP contribution in [0.15, 0.2) is 6.20 Å². The molecule has 1 saturated heterocycles. The number of hydrogen-bond acceptors (Lipinski definition) is 5. The van der Waals surface area contributed by atoms with Crippen molar-refractivity contribution in [3.05, 3.63) is 11.9 Å². The van der Waals surface area contributed by atoms with E-state index in [9.17, 15) is 0 Å². The van der Waals surface area contributed by atoms with E-state index < -0.39 is 0 Å². The van der Waals surface area contributed by atoms with E-state index in [1.54, 1.807) is 13.3 Å². The van der Waals surface area contributed by atoms with Gasteiger partial charge in [0.1, 0.15) is 0 Å². The molecule has 0 spiro atoms. The van der Waals surface area contributed by atoms with Gasteiger partial charge in [-0.05, 0) is 14.1 Å². The SMILES string of the molecule is COc1cnn(C)c1C(N)C1CN(C)CCN1C. The van der Waals surface area contributed by atoms with Crippen LogP contribution in [0.5, 0.6) is 5.75 Å². The molecule has 2 atom stereocenters. The van der Waals surface area contributed by atoms with Crippen LogP contribution in [0.25, 0.3) is 0 Å². The normalized spacial score (nSPS) is 24.2. The van der Waals surface area contributed by atoms with Gasteiger partial charge in [-0.15, -0.1) is 0 Å². The highest BCUT2D eigenvalue weighted by Crippen LogP contribution is 2.27. The highest BCUT2D eigenvalue weighted by atomic mass is 16.5. The number of likely N-dealkylation sites (N-methyl/N-ethyl adjacent to an activating group) is 2. The molecule has 6 nitrogen and oxygen atoms in total. The maximum Gasteiger partial charge on any atom is 0.161 e. The lowest BCUT2D eigenvalue weighted by molar-refractivity contribution is 0.0949. The summed E-state index contributed by atoms with van der Waals surface area (Å²) < 4.78 is 7.16. The van der Waals surface area contributed by atoms with E-state index in [4.69, 9.17) is 10.5 Å². The highest BCUT2D eigenvalue weighted by Gasteiger charge is 2.31. The molecule has 1 aromatic heterocycles. The number of aryl methyl sites for hydroxylation is 1. The van der Waals surface area contributed by atoms with Gasteiger partial charge in [0.15, 0.2) is 5.75 Å². The maximum absolute atomic E-state index is 6.43. The van der Waals surface area contributed by atoms with Crippen LogP contribution in [0.4, 0.5) is 0 Å². The number of aromatic nitrogens is 2. The van der Waals surface area contributed by atoms with Crippen LogP contribution in [0.3, 0.4) is 0 Å². The summed E-state index contributed by atoms with van der Waals surface area (Å²) in [6.45, 7) is 3.09. The fraction of sp³-hybridized carbons (Fsp3) is 0.750. The molecule has 0 radical (unpaired) electrons. The summed E-state index contributed by atoms with van der Waals surface area (Å²) in [5.41, 5.74) is 7.40. The van der Waals surface area contributed by atoms with Crippen LogP contribution in [-0.4, -0.2) is 66.5 Å². The van der Waals surface area contributed by atoms with Crippen molar-refractivity contribution in [3.8, 4) is 5.75 Å². The highest BCUT2D eigenvalue weighted by molar-refractivity contribution is 5.29. The second-order valence-electron chi connectivity index (χ2n) is 5.06. The van der Waals surface area contributed by atoms with Crippen LogP contribution >= 0.6 is 0 Å². The predicted molar refractivity (Wildman–Crippen MR) is 70.6 cm³/mol. The Bertz CT molecular complexity index is 405. The van der Waals surface area contributed by atoms with Crippen molar-refractivity contribution in [2.24, 2.45) is 12.8 Å². The van der Waals surface area contributed by atoms with E-state index in [1.165, 1.54) is 0 Å². The van der Waals surface area contributed by atoms with E-state index in [1.807, 2.05) is 11.7 Å². The van der Waals surface area contributed by atoms with E-state index in [0.29, 0.717) is 0 Å². The summed E-state index contributed by atoms with van der Waals surface area (Å²) in [4.78, 5) is 4.63. The van der Waals surface area contributed by atoms with Crippen LogP contribution in [0.1, 0.15) is 11.7 Å². The van der Waals surface area contributed by atoms with E-state index >= 15 is 0 Å². The molecule has 2 heterocycles. The zero-order valence-corrected chi connectivity index (χ0v) is 11.6. The third-order valence-electron chi connectivity index (χ3n) is 3.80. The van der Waals surface area contributed by atoms with E-state index in [-0.39, 0.29) is 12.1 Å². The molecule has 2 unspecified atom stereocenters. The molecule has 2 rings (SSSR count). The van der Waals surface area contributed by atoms with Gasteiger partial charge in [0.25, 0.3) is 0 Å². The first kappa shape index (κ1) is 13.3. The van der Waals surface area contributed by atoms with Gasteiger partial charge in [0, 0.05) is 32.7 Å². The lowest BCUT2D eigenvalue weighted by Gasteiger charge is -2.40. The molecule has 6 heteroatoms. The average molecular weight is 253 g/mol. The Morgan fingerprint density at radius 3 is 2.78 bits per heavy atom. The Labute approximate surface area is 108 Å². The fourth-order valence-electron chi connectivity index (χ4n) is 2.58. The summed E-state index contributed by atoms with van der Waals surface area (Å²) >= 11 is 0. The number of methoxy groups -OCH3 is 1. The molecule has 18 heavy (non-hydrogen) atoms. The Kier molecular flexibility index (Phi) is 3.89. The smallest absolute Gasteiger partial charge is 0.161 e. The van der Waals surface area contributed by atoms with Crippen LogP contribution < -0.4 is 10.5 Å². The first-order valence-corrected chi connectivity index (χ1v) is 6.24. The summed E-state index contributed by atoms with van der Waals surface area (Å²) in [7, 11) is 7.82. The monoisotopic (exact) mass is 253 g/mol. The average Bonchev–Trinajstić information content (AvgIpc) is 2.72. The van der Waals surface area contributed by atoms with Gasteiger partial charge >= 0.3 is 0 Å². The Morgan fingerprint density at radius 2 is 2.11 bits per heavy atom. The minimum Gasteiger partial charge on any atom is -0.493 e. The molecule has 2 N–H and O–H groups in total. The van der Waals surface area contributed by atoms with Gasteiger partial charge in [-0.1, -0.05) is 0 Å².